The van der Waals surface area contributed by atoms with Gasteiger partial charge in [-0.25, -0.2) is 9.48 Å². The van der Waals surface area contributed by atoms with Crippen LogP contribution < -0.4 is 5.32 Å². The summed E-state index contributed by atoms with van der Waals surface area (Å²) in [6, 6.07) is 6.63. The number of benzene rings is 1. The number of amides is 1. The van der Waals surface area contributed by atoms with Crippen LogP contribution in [-0.2, 0) is 10.3 Å². The van der Waals surface area contributed by atoms with Gasteiger partial charge in [-0.3, -0.25) is 10.1 Å². The summed E-state index contributed by atoms with van der Waals surface area (Å²) < 4.78 is 7.34. The zero-order valence-corrected chi connectivity index (χ0v) is 16.9. The van der Waals surface area contributed by atoms with E-state index in [4.69, 9.17) is 16.3 Å². The molecule has 0 unspecified atom stereocenters. The molecule has 2 heterocycles. The van der Waals surface area contributed by atoms with Crippen LogP contribution in [0.4, 0.5) is 5.13 Å². The standard InChI is InChI=1S/C18H19ClN4O3S/c1-5-26-16(25)12-13-14(23(22-12)18(2,3)4)20-17(27-13)21-15(24)10-7-6-8-11(19)9-10/h6-9H,5H2,1-4H3,(H,20,21,24). The number of nitrogens with one attached hydrogen (secondary N) is 1. The van der Waals surface area contributed by atoms with E-state index in [1.54, 1.807) is 35.9 Å². The van der Waals surface area contributed by atoms with Gasteiger partial charge in [-0.05, 0) is 45.9 Å². The van der Waals surface area contributed by atoms with Gasteiger partial charge in [0.2, 0.25) is 0 Å². The van der Waals surface area contributed by atoms with Crippen LogP contribution in [0.15, 0.2) is 24.3 Å². The summed E-state index contributed by atoms with van der Waals surface area (Å²) in [4.78, 5) is 29.2. The summed E-state index contributed by atoms with van der Waals surface area (Å²) >= 11 is 7.12. The normalized spacial score (nSPS) is 11.6. The predicted octanol–water partition coefficient (Wildman–Crippen LogP) is 4.33. The molecular formula is C18H19ClN4O3S. The van der Waals surface area contributed by atoms with E-state index >= 15 is 0 Å². The molecule has 0 saturated carbocycles. The number of carbonyl (C=O) groups is 2. The van der Waals surface area contributed by atoms with Crippen LogP contribution in [0.3, 0.4) is 0 Å². The van der Waals surface area contributed by atoms with Crippen LogP contribution in [0, 0.1) is 0 Å². The third-order valence-electron chi connectivity index (χ3n) is 3.64. The summed E-state index contributed by atoms with van der Waals surface area (Å²) in [6.45, 7) is 7.85. The van der Waals surface area contributed by atoms with Gasteiger partial charge in [0, 0.05) is 10.6 Å². The lowest BCUT2D eigenvalue weighted by Gasteiger charge is -2.19. The summed E-state index contributed by atoms with van der Waals surface area (Å²) in [6.07, 6.45) is 0. The summed E-state index contributed by atoms with van der Waals surface area (Å²) in [5.41, 5.74) is 0.745. The molecule has 3 aromatic rings. The molecule has 2 aromatic heterocycles. The van der Waals surface area contributed by atoms with E-state index in [0.717, 1.165) is 0 Å². The van der Waals surface area contributed by atoms with Gasteiger partial charge in [0.05, 0.1) is 12.1 Å². The highest BCUT2D eigenvalue weighted by Gasteiger charge is 2.28. The molecule has 3 rings (SSSR count). The minimum Gasteiger partial charge on any atom is -0.461 e. The molecule has 142 valence electrons. The average Bonchev–Trinajstić information content (AvgIpc) is 3.12. The average molecular weight is 407 g/mol. The highest BCUT2D eigenvalue weighted by Crippen LogP contribution is 2.32. The molecule has 0 bridgehead atoms. The number of halogens is 1. The fourth-order valence-corrected chi connectivity index (χ4v) is 3.56. The predicted molar refractivity (Wildman–Crippen MR) is 106 cm³/mol. The minimum absolute atomic E-state index is 0.197. The highest BCUT2D eigenvalue weighted by molar-refractivity contribution is 7.22. The molecule has 9 heteroatoms. The van der Waals surface area contributed by atoms with Crippen LogP contribution in [0.5, 0.6) is 0 Å². The first kappa shape index (κ1) is 19.3. The van der Waals surface area contributed by atoms with Crippen molar-refractivity contribution in [1.82, 2.24) is 14.8 Å². The molecule has 0 atom stereocenters. The van der Waals surface area contributed by atoms with Crippen molar-refractivity contribution in [2.45, 2.75) is 33.2 Å². The second kappa shape index (κ2) is 7.28. The van der Waals surface area contributed by atoms with E-state index in [-0.39, 0.29) is 18.2 Å². The van der Waals surface area contributed by atoms with Gasteiger partial charge in [0.15, 0.2) is 16.5 Å². The number of nitrogens with zero attached hydrogens (tertiary/aromatic N) is 3. The summed E-state index contributed by atoms with van der Waals surface area (Å²) in [5.74, 6) is -0.844. The van der Waals surface area contributed by atoms with E-state index in [1.165, 1.54) is 11.3 Å². The Kier molecular flexibility index (Phi) is 5.21. The molecule has 0 aliphatic carbocycles. The maximum Gasteiger partial charge on any atom is 0.360 e. The molecule has 1 amide bonds. The quantitative estimate of drug-likeness (QED) is 0.651. The van der Waals surface area contributed by atoms with Crippen molar-refractivity contribution < 1.29 is 14.3 Å². The largest absolute Gasteiger partial charge is 0.461 e. The van der Waals surface area contributed by atoms with Gasteiger partial charge in [-0.2, -0.15) is 10.1 Å². The van der Waals surface area contributed by atoms with Gasteiger partial charge in [-0.1, -0.05) is 29.0 Å². The number of anilines is 1. The number of aromatic nitrogens is 3. The van der Waals surface area contributed by atoms with Gasteiger partial charge < -0.3 is 4.74 Å². The third-order valence-corrected chi connectivity index (χ3v) is 4.84. The van der Waals surface area contributed by atoms with Crippen molar-refractivity contribution >= 4 is 50.3 Å². The van der Waals surface area contributed by atoms with Crippen LogP contribution in [0.25, 0.3) is 10.3 Å². The van der Waals surface area contributed by atoms with Gasteiger partial charge >= 0.3 is 5.97 Å². The monoisotopic (exact) mass is 406 g/mol. The maximum atomic E-state index is 12.5. The Balaban J connectivity index is 2.00. The molecule has 0 aliphatic rings. The Bertz CT molecular complexity index is 1020. The molecule has 0 radical (unpaired) electrons. The second-order valence-corrected chi connectivity index (χ2v) is 8.22. The van der Waals surface area contributed by atoms with E-state index in [9.17, 15) is 9.59 Å². The lowest BCUT2D eigenvalue weighted by molar-refractivity contribution is 0.0520. The summed E-state index contributed by atoms with van der Waals surface area (Å²) in [5, 5.41) is 7.99. The first-order valence-corrected chi connectivity index (χ1v) is 9.54. The number of ether oxygens (including phenoxy) is 1. The number of esters is 1. The molecule has 1 N–H and O–H groups in total. The molecule has 0 spiro atoms. The van der Waals surface area contributed by atoms with Gasteiger partial charge in [0.1, 0.15) is 4.70 Å². The first-order valence-electron chi connectivity index (χ1n) is 8.34. The molecule has 0 saturated heterocycles. The van der Waals surface area contributed by atoms with Crippen molar-refractivity contribution in [3.8, 4) is 0 Å². The van der Waals surface area contributed by atoms with Crippen LogP contribution in [-0.4, -0.2) is 33.2 Å². The topological polar surface area (TPSA) is 86.1 Å². The zero-order valence-electron chi connectivity index (χ0n) is 15.4. The Morgan fingerprint density at radius 1 is 1.33 bits per heavy atom. The Morgan fingerprint density at radius 2 is 2.07 bits per heavy atom. The van der Waals surface area contributed by atoms with Crippen molar-refractivity contribution in [2.24, 2.45) is 0 Å². The number of thiazole rings is 1. The van der Waals surface area contributed by atoms with E-state index in [1.807, 2.05) is 20.8 Å². The van der Waals surface area contributed by atoms with Crippen LogP contribution in [0.1, 0.15) is 48.5 Å². The molecule has 0 aliphatic heterocycles. The smallest absolute Gasteiger partial charge is 0.360 e. The zero-order chi connectivity index (χ0) is 19.8. The fraction of sp³-hybridized carbons (Fsp3) is 0.333. The fourth-order valence-electron chi connectivity index (χ4n) is 2.46. The SMILES string of the molecule is CCOC(=O)c1nn(C(C)(C)C)c2nc(NC(=O)c3cccc(Cl)c3)sc12. The van der Waals surface area contributed by atoms with Crippen molar-refractivity contribution in [3.63, 3.8) is 0 Å². The highest BCUT2D eigenvalue weighted by atomic mass is 35.5. The Morgan fingerprint density at radius 3 is 2.70 bits per heavy atom. The summed E-state index contributed by atoms with van der Waals surface area (Å²) in [7, 11) is 0. The first-order chi connectivity index (χ1) is 12.7. The molecule has 0 fully saturated rings. The molecular weight excluding hydrogens is 388 g/mol. The van der Waals surface area contributed by atoms with Crippen molar-refractivity contribution in [2.75, 3.05) is 11.9 Å². The van der Waals surface area contributed by atoms with E-state index < -0.39 is 11.5 Å². The number of hydrogen-bond donors (Lipinski definition) is 1. The van der Waals surface area contributed by atoms with E-state index in [2.05, 4.69) is 15.4 Å². The Hall–Kier alpha value is -2.45. The second-order valence-electron chi connectivity index (χ2n) is 6.79. The third kappa shape index (κ3) is 3.96. The molecule has 7 nitrogen and oxygen atoms in total. The number of rotatable bonds is 4. The maximum absolute atomic E-state index is 12.5. The number of fused-ring (bicyclic) bond motifs is 1. The Labute approximate surface area is 165 Å². The van der Waals surface area contributed by atoms with E-state index in [0.29, 0.717) is 26.1 Å². The van der Waals surface area contributed by atoms with Crippen LogP contribution >= 0.6 is 22.9 Å². The molecule has 27 heavy (non-hydrogen) atoms. The lowest BCUT2D eigenvalue weighted by Crippen LogP contribution is -2.24. The van der Waals surface area contributed by atoms with Crippen LogP contribution in [0.2, 0.25) is 5.02 Å². The van der Waals surface area contributed by atoms with Gasteiger partial charge in [-0.15, -0.1) is 0 Å². The lowest BCUT2D eigenvalue weighted by atomic mass is 10.1. The van der Waals surface area contributed by atoms with Gasteiger partial charge in [0.25, 0.3) is 5.91 Å². The van der Waals surface area contributed by atoms with Crippen molar-refractivity contribution in [1.29, 1.82) is 0 Å². The number of hydrogen-bond acceptors (Lipinski definition) is 6. The minimum atomic E-state index is -0.512. The molecule has 1 aromatic carbocycles. The van der Waals surface area contributed by atoms with Crippen molar-refractivity contribution in [3.05, 3.63) is 40.5 Å². The number of carbonyl (C=O) groups excluding carboxylic acids is 2.